The first-order valence-electron chi connectivity index (χ1n) is 10.4. The highest BCUT2D eigenvalue weighted by Crippen LogP contribution is 2.38. The van der Waals surface area contributed by atoms with Gasteiger partial charge in [0, 0.05) is 23.4 Å². The summed E-state index contributed by atoms with van der Waals surface area (Å²) in [5.41, 5.74) is 3.07. The molecule has 1 unspecified atom stereocenters. The Morgan fingerprint density at radius 2 is 1.86 bits per heavy atom. The largest absolute Gasteiger partial charge is 0.333 e. The molecule has 1 aromatic carbocycles. The minimum Gasteiger partial charge on any atom is -0.333 e. The molecule has 1 aliphatic heterocycles. The lowest BCUT2D eigenvalue weighted by Crippen LogP contribution is -2.49. The maximum absolute atomic E-state index is 13.4. The van der Waals surface area contributed by atoms with Crippen LogP contribution in [0.15, 0.2) is 35.7 Å². The summed E-state index contributed by atoms with van der Waals surface area (Å²) in [6.45, 7) is 11.3. The maximum atomic E-state index is 13.4. The van der Waals surface area contributed by atoms with Crippen molar-refractivity contribution in [2.75, 3.05) is 19.6 Å². The minimum absolute atomic E-state index is 0.0264. The van der Waals surface area contributed by atoms with Gasteiger partial charge >= 0.3 is 0 Å². The van der Waals surface area contributed by atoms with Gasteiger partial charge in [-0.25, -0.2) is 0 Å². The van der Waals surface area contributed by atoms with Crippen molar-refractivity contribution in [3.05, 3.63) is 57.3 Å². The van der Waals surface area contributed by atoms with Crippen LogP contribution in [-0.2, 0) is 16.0 Å². The smallest absolute Gasteiger partial charge is 0.242 e. The van der Waals surface area contributed by atoms with Crippen LogP contribution in [-0.4, -0.2) is 41.2 Å². The summed E-state index contributed by atoms with van der Waals surface area (Å²) in [6.07, 6.45) is 1.72. The van der Waals surface area contributed by atoms with Crippen molar-refractivity contribution in [3.8, 4) is 0 Å². The predicted molar refractivity (Wildman–Crippen MR) is 119 cm³/mol. The highest BCUT2D eigenvalue weighted by Gasteiger charge is 2.35. The average Bonchev–Trinajstić information content (AvgIpc) is 3.15. The number of hydrogen-bond donors (Lipinski definition) is 0. The molecule has 0 bridgehead atoms. The van der Waals surface area contributed by atoms with Crippen LogP contribution in [0, 0.1) is 12.3 Å². The highest BCUT2D eigenvalue weighted by atomic mass is 32.1. The van der Waals surface area contributed by atoms with Gasteiger partial charge in [0.1, 0.15) is 0 Å². The summed E-state index contributed by atoms with van der Waals surface area (Å²) >= 11 is 1.77. The van der Waals surface area contributed by atoms with Gasteiger partial charge in [-0.15, -0.1) is 11.3 Å². The van der Waals surface area contributed by atoms with E-state index in [2.05, 4.69) is 42.6 Å². The number of carbonyl (C=O) groups excluding carboxylic acids is 2. The van der Waals surface area contributed by atoms with Gasteiger partial charge in [-0.05, 0) is 42.3 Å². The number of fused-ring (bicyclic) bond motifs is 1. The minimum atomic E-state index is -0.492. The molecule has 29 heavy (non-hydrogen) atoms. The molecular weight excluding hydrogens is 380 g/mol. The first kappa shape index (κ1) is 21.6. The zero-order valence-electron chi connectivity index (χ0n) is 18.2. The van der Waals surface area contributed by atoms with Gasteiger partial charge in [-0.1, -0.05) is 57.5 Å². The van der Waals surface area contributed by atoms with Crippen molar-refractivity contribution in [1.29, 1.82) is 0 Å². The topological polar surface area (TPSA) is 40.6 Å². The molecule has 1 aliphatic rings. The molecule has 0 radical (unpaired) electrons. The predicted octanol–water partition coefficient (Wildman–Crippen LogP) is 4.82. The second kappa shape index (κ2) is 8.70. The van der Waals surface area contributed by atoms with Gasteiger partial charge in [-0.3, -0.25) is 9.59 Å². The van der Waals surface area contributed by atoms with Crippen molar-refractivity contribution in [3.63, 3.8) is 0 Å². The first-order valence-corrected chi connectivity index (χ1v) is 11.3. The van der Waals surface area contributed by atoms with Crippen LogP contribution in [0.4, 0.5) is 0 Å². The summed E-state index contributed by atoms with van der Waals surface area (Å²) in [7, 11) is 0. The average molecular weight is 413 g/mol. The maximum Gasteiger partial charge on any atom is 0.242 e. The Kier molecular flexibility index (Phi) is 6.47. The molecule has 4 nitrogen and oxygen atoms in total. The fourth-order valence-electron chi connectivity index (χ4n) is 3.94. The van der Waals surface area contributed by atoms with E-state index < -0.39 is 5.41 Å². The van der Waals surface area contributed by atoms with Gasteiger partial charge in [0.25, 0.3) is 0 Å². The van der Waals surface area contributed by atoms with E-state index >= 15 is 0 Å². The molecule has 0 saturated carbocycles. The summed E-state index contributed by atoms with van der Waals surface area (Å²) in [6, 6.07) is 10.5. The quantitative estimate of drug-likeness (QED) is 0.707. The van der Waals surface area contributed by atoms with Gasteiger partial charge in [0.15, 0.2) is 0 Å². The van der Waals surface area contributed by atoms with Crippen molar-refractivity contribution in [2.24, 2.45) is 5.41 Å². The molecule has 156 valence electrons. The van der Waals surface area contributed by atoms with Crippen LogP contribution < -0.4 is 0 Å². The number of hydrogen-bond acceptors (Lipinski definition) is 3. The lowest BCUT2D eigenvalue weighted by Gasteiger charge is -2.38. The highest BCUT2D eigenvalue weighted by molar-refractivity contribution is 7.10. The molecule has 0 fully saturated rings. The molecule has 2 heterocycles. The summed E-state index contributed by atoms with van der Waals surface area (Å²) in [5.74, 6) is 0.0614. The van der Waals surface area contributed by atoms with E-state index in [1.54, 1.807) is 16.2 Å². The molecule has 0 spiro atoms. The number of nitrogens with zero attached hydrogens (tertiary/aromatic N) is 2. The normalized spacial score (nSPS) is 16.4. The van der Waals surface area contributed by atoms with E-state index in [1.165, 1.54) is 16.0 Å². The zero-order valence-corrected chi connectivity index (χ0v) is 19.0. The standard InChI is InChI=1S/C24H32N2O2S/c1-6-13-25(23(28)24(3,4)5)16-21(27)26-14-11-20-19(12-15-29-20)22(26)18-9-7-17(2)8-10-18/h7-10,12,15,22H,6,11,13-14,16H2,1-5H3. The number of benzene rings is 1. The lowest BCUT2D eigenvalue weighted by molar-refractivity contribution is -0.146. The molecular formula is C24H32N2O2S. The van der Waals surface area contributed by atoms with Gasteiger partial charge in [-0.2, -0.15) is 0 Å². The SMILES string of the molecule is CCCN(CC(=O)N1CCc2sccc2C1c1ccc(C)cc1)C(=O)C(C)(C)C. The van der Waals surface area contributed by atoms with E-state index in [9.17, 15) is 9.59 Å². The molecule has 3 rings (SSSR count). The Bertz CT molecular complexity index is 864. The molecule has 2 amide bonds. The van der Waals surface area contributed by atoms with E-state index in [0.717, 1.165) is 18.4 Å². The van der Waals surface area contributed by atoms with Crippen molar-refractivity contribution in [1.82, 2.24) is 9.80 Å². The molecule has 0 aliphatic carbocycles. The van der Waals surface area contributed by atoms with Crippen LogP contribution in [0.5, 0.6) is 0 Å². The number of thiophene rings is 1. The number of carbonyl (C=O) groups is 2. The first-order chi connectivity index (χ1) is 13.7. The Balaban J connectivity index is 1.89. The number of rotatable bonds is 5. The Hall–Kier alpha value is -2.14. The molecule has 5 heteroatoms. The third-order valence-corrected chi connectivity index (χ3v) is 6.42. The monoisotopic (exact) mass is 412 g/mol. The van der Waals surface area contributed by atoms with Gasteiger partial charge < -0.3 is 9.80 Å². The summed E-state index contributed by atoms with van der Waals surface area (Å²) in [4.78, 5) is 31.4. The van der Waals surface area contributed by atoms with Crippen molar-refractivity contribution >= 4 is 23.2 Å². The third kappa shape index (κ3) is 4.72. The summed E-state index contributed by atoms with van der Waals surface area (Å²) < 4.78 is 0. The van der Waals surface area contributed by atoms with Crippen LogP contribution in [0.1, 0.15) is 61.7 Å². The van der Waals surface area contributed by atoms with Gasteiger partial charge in [0.05, 0.1) is 12.6 Å². The van der Waals surface area contributed by atoms with Crippen LogP contribution in [0.25, 0.3) is 0 Å². The zero-order chi connectivity index (χ0) is 21.2. The Morgan fingerprint density at radius 3 is 2.48 bits per heavy atom. The Morgan fingerprint density at radius 1 is 1.17 bits per heavy atom. The van der Waals surface area contributed by atoms with E-state index in [0.29, 0.717) is 13.1 Å². The Labute approximate surface area is 178 Å². The molecule has 1 atom stereocenters. The van der Waals surface area contributed by atoms with E-state index in [1.807, 2.05) is 32.6 Å². The van der Waals surface area contributed by atoms with Crippen LogP contribution >= 0.6 is 11.3 Å². The van der Waals surface area contributed by atoms with E-state index in [4.69, 9.17) is 0 Å². The second-order valence-corrected chi connectivity index (χ2v) is 9.93. The number of amides is 2. The van der Waals surface area contributed by atoms with Crippen LogP contribution in [0.2, 0.25) is 0 Å². The van der Waals surface area contributed by atoms with Crippen molar-refractivity contribution in [2.45, 2.75) is 53.5 Å². The molecule has 1 aromatic heterocycles. The van der Waals surface area contributed by atoms with Gasteiger partial charge in [0.2, 0.25) is 11.8 Å². The molecule has 0 N–H and O–H groups in total. The van der Waals surface area contributed by atoms with Crippen LogP contribution in [0.3, 0.4) is 0 Å². The van der Waals surface area contributed by atoms with Crippen molar-refractivity contribution < 1.29 is 9.59 Å². The fraction of sp³-hybridized carbons (Fsp3) is 0.500. The molecule has 2 aromatic rings. The molecule has 0 saturated heterocycles. The second-order valence-electron chi connectivity index (χ2n) is 8.93. The third-order valence-electron chi connectivity index (χ3n) is 5.43. The number of aryl methyl sites for hydroxylation is 1. The lowest BCUT2D eigenvalue weighted by atomic mass is 9.92. The van der Waals surface area contributed by atoms with E-state index in [-0.39, 0.29) is 24.4 Å². The fourth-order valence-corrected chi connectivity index (χ4v) is 4.85. The summed E-state index contributed by atoms with van der Waals surface area (Å²) in [5, 5.41) is 2.12.